The number of aromatic nitrogens is 1. The van der Waals surface area contributed by atoms with Crippen LogP contribution in [0.3, 0.4) is 0 Å². The van der Waals surface area contributed by atoms with E-state index in [1.165, 1.54) is 11.3 Å². The van der Waals surface area contributed by atoms with Crippen molar-refractivity contribution in [2.75, 3.05) is 6.54 Å². The zero-order chi connectivity index (χ0) is 15.8. The molecule has 0 spiro atoms. The molecule has 0 saturated heterocycles. The van der Waals surface area contributed by atoms with E-state index in [0.29, 0.717) is 6.42 Å². The third-order valence-corrected chi connectivity index (χ3v) is 4.16. The number of nitrogens with zero attached hydrogens (tertiary/aromatic N) is 1. The molecular formula is C16H21N3O2S. The number of urea groups is 1. The van der Waals surface area contributed by atoms with Gasteiger partial charge in [-0.15, -0.1) is 11.3 Å². The third kappa shape index (κ3) is 5.13. The first kappa shape index (κ1) is 16.5. The summed E-state index contributed by atoms with van der Waals surface area (Å²) >= 11 is 1.52. The highest BCUT2D eigenvalue weighted by Crippen LogP contribution is 2.18. The second-order valence-corrected chi connectivity index (χ2v) is 5.96. The summed E-state index contributed by atoms with van der Waals surface area (Å²) in [5.41, 5.74) is 1.05. The minimum absolute atomic E-state index is 0.0914. The highest BCUT2D eigenvalue weighted by Gasteiger charge is 2.15. The summed E-state index contributed by atoms with van der Waals surface area (Å²) in [4.78, 5) is 16.1. The number of nitrogens with one attached hydrogen (secondary N) is 2. The zero-order valence-electron chi connectivity index (χ0n) is 12.5. The molecule has 2 rings (SSSR count). The molecule has 2 atom stereocenters. The minimum atomic E-state index is -0.604. The topological polar surface area (TPSA) is 74.2 Å². The summed E-state index contributed by atoms with van der Waals surface area (Å²) in [5.74, 6) is 0. The Morgan fingerprint density at radius 1 is 1.36 bits per heavy atom. The molecule has 0 fully saturated rings. The molecule has 0 radical (unpaired) electrons. The number of hydrogen-bond donors (Lipinski definition) is 3. The van der Waals surface area contributed by atoms with Gasteiger partial charge in [0.2, 0.25) is 0 Å². The van der Waals surface area contributed by atoms with Gasteiger partial charge in [0, 0.05) is 24.5 Å². The van der Waals surface area contributed by atoms with Crippen LogP contribution in [0.15, 0.2) is 41.9 Å². The molecule has 0 aliphatic carbocycles. The van der Waals surface area contributed by atoms with Crippen LogP contribution < -0.4 is 10.6 Å². The molecule has 2 aromatic rings. The van der Waals surface area contributed by atoms with Crippen LogP contribution in [0.2, 0.25) is 0 Å². The lowest BCUT2D eigenvalue weighted by Crippen LogP contribution is -2.41. The van der Waals surface area contributed by atoms with Crippen LogP contribution in [0, 0.1) is 0 Å². The number of rotatable bonds is 7. The van der Waals surface area contributed by atoms with Gasteiger partial charge in [-0.2, -0.15) is 0 Å². The number of thiazole rings is 1. The standard InChI is InChI=1S/C16H21N3O2S/c1-2-14(15-17-8-9-22-15)19-16(21)18-11-13(20)10-12-6-4-3-5-7-12/h3-9,13-14,20H,2,10-11H2,1H3,(H2,18,19,21). The Kier molecular flexibility index (Phi) is 6.36. The monoisotopic (exact) mass is 319 g/mol. The maximum atomic E-state index is 11.9. The van der Waals surface area contributed by atoms with Crippen molar-refractivity contribution < 1.29 is 9.90 Å². The van der Waals surface area contributed by atoms with Crippen molar-refractivity contribution in [2.24, 2.45) is 0 Å². The molecule has 3 N–H and O–H groups in total. The largest absolute Gasteiger partial charge is 0.391 e. The van der Waals surface area contributed by atoms with Crippen LogP contribution in [0.5, 0.6) is 0 Å². The van der Waals surface area contributed by atoms with E-state index >= 15 is 0 Å². The molecule has 0 aliphatic heterocycles. The van der Waals surface area contributed by atoms with Crippen molar-refractivity contribution in [3.63, 3.8) is 0 Å². The quantitative estimate of drug-likeness (QED) is 0.734. The molecule has 1 heterocycles. The zero-order valence-corrected chi connectivity index (χ0v) is 13.3. The molecule has 22 heavy (non-hydrogen) atoms. The molecule has 0 aliphatic rings. The fraction of sp³-hybridized carbons (Fsp3) is 0.375. The van der Waals surface area contributed by atoms with E-state index in [2.05, 4.69) is 15.6 Å². The van der Waals surface area contributed by atoms with Gasteiger partial charge in [-0.3, -0.25) is 0 Å². The first-order chi connectivity index (χ1) is 10.7. The normalized spacial score (nSPS) is 13.4. The highest BCUT2D eigenvalue weighted by molar-refractivity contribution is 7.09. The fourth-order valence-corrected chi connectivity index (χ4v) is 2.90. The SMILES string of the molecule is CCC(NC(=O)NCC(O)Cc1ccccc1)c1nccs1. The van der Waals surface area contributed by atoms with Gasteiger partial charge in [-0.1, -0.05) is 37.3 Å². The molecular weight excluding hydrogens is 298 g/mol. The summed E-state index contributed by atoms with van der Waals surface area (Å²) in [6.45, 7) is 2.21. The molecule has 6 heteroatoms. The lowest BCUT2D eigenvalue weighted by Gasteiger charge is -2.17. The predicted octanol–water partition coefficient (Wildman–Crippen LogP) is 2.50. The van der Waals surface area contributed by atoms with Gasteiger partial charge < -0.3 is 15.7 Å². The van der Waals surface area contributed by atoms with E-state index < -0.39 is 6.10 Å². The Balaban J connectivity index is 1.75. The van der Waals surface area contributed by atoms with E-state index in [4.69, 9.17) is 0 Å². The lowest BCUT2D eigenvalue weighted by molar-refractivity contribution is 0.170. The summed E-state index contributed by atoms with van der Waals surface area (Å²) in [7, 11) is 0. The van der Waals surface area contributed by atoms with E-state index in [1.807, 2.05) is 42.6 Å². The Morgan fingerprint density at radius 3 is 2.77 bits per heavy atom. The van der Waals surface area contributed by atoms with Gasteiger partial charge in [-0.25, -0.2) is 9.78 Å². The number of aliphatic hydroxyl groups is 1. The molecule has 0 saturated carbocycles. The van der Waals surface area contributed by atoms with Crippen LogP contribution >= 0.6 is 11.3 Å². The maximum absolute atomic E-state index is 11.9. The number of benzene rings is 1. The molecule has 5 nitrogen and oxygen atoms in total. The number of carbonyl (C=O) groups excluding carboxylic acids is 1. The molecule has 0 bridgehead atoms. The molecule has 1 aromatic heterocycles. The van der Waals surface area contributed by atoms with Gasteiger partial charge in [0.1, 0.15) is 5.01 Å². The van der Waals surface area contributed by atoms with Gasteiger partial charge in [0.25, 0.3) is 0 Å². The third-order valence-electron chi connectivity index (χ3n) is 3.28. The van der Waals surface area contributed by atoms with Gasteiger partial charge in [0.15, 0.2) is 0 Å². The van der Waals surface area contributed by atoms with Crippen molar-refractivity contribution in [3.05, 3.63) is 52.5 Å². The van der Waals surface area contributed by atoms with Crippen LogP contribution in [-0.2, 0) is 6.42 Å². The summed E-state index contributed by atoms with van der Waals surface area (Å²) in [5, 5.41) is 18.3. The number of amides is 2. The highest BCUT2D eigenvalue weighted by atomic mass is 32.1. The number of carbonyl (C=O) groups is 1. The average molecular weight is 319 g/mol. The van der Waals surface area contributed by atoms with Crippen molar-refractivity contribution in [1.82, 2.24) is 15.6 Å². The first-order valence-electron chi connectivity index (χ1n) is 7.34. The predicted molar refractivity (Wildman–Crippen MR) is 87.8 cm³/mol. The van der Waals surface area contributed by atoms with Crippen molar-refractivity contribution >= 4 is 17.4 Å². The Labute approximate surface area is 134 Å². The molecule has 2 unspecified atom stereocenters. The van der Waals surface area contributed by atoms with Crippen molar-refractivity contribution in [1.29, 1.82) is 0 Å². The maximum Gasteiger partial charge on any atom is 0.315 e. The second-order valence-electron chi connectivity index (χ2n) is 5.03. The Bertz CT molecular complexity index is 560. The second kappa shape index (κ2) is 8.51. The molecule has 1 aromatic carbocycles. The van der Waals surface area contributed by atoms with Crippen LogP contribution in [0.4, 0.5) is 4.79 Å². The smallest absolute Gasteiger partial charge is 0.315 e. The molecule has 2 amide bonds. The van der Waals surface area contributed by atoms with Gasteiger partial charge in [0.05, 0.1) is 12.1 Å². The van der Waals surface area contributed by atoms with Crippen LogP contribution in [0.25, 0.3) is 0 Å². The van der Waals surface area contributed by atoms with E-state index in [1.54, 1.807) is 6.20 Å². The summed E-state index contributed by atoms with van der Waals surface area (Å²) in [6, 6.07) is 9.34. The van der Waals surface area contributed by atoms with Gasteiger partial charge in [-0.05, 0) is 12.0 Å². The van der Waals surface area contributed by atoms with Crippen molar-refractivity contribution in [2.45, 2.75) is 31.9 Å². The lowest BCUT2D eigenvalue weighted by atomic mass is 10.1. The Hall–Kier alpha value is -1.92. The first-order valence-corrected chi connectivity index (χ1v) is 8.22. The Morgan fingerprint density at radius 2 is 2.14 bits per heavy atom. The minimum Gasteiger partial charge on any atom is -0.391 e. The van der Waals surface area contributed by atoms with E-state index in [9.17, 15) is 9.90 Å². The van der Waals surface area contributed by atoms with Gasteiger partial charge >= 0.3 is 6.03 Å². The average Bonchev–Trinajstić information content (AvgIpc) is 3.06. The van der Waals surface area contributed by atoms with E-state index in [-0.39, 0.29) is 18.6 Å². The van der Waals surface area contributed by atoms with Crippen LogP contribution in [-0.4, -0.2) is 28.8 Å². The fourth-order valence-electron chi connectivity index (χ4n) is 2.12. The van der Waals surface area contributed by atoms with Crippen molar-refractivity contribution in [3.8, 4) is 0 Å². The number of aliphatic hydroxyl groups excluding tert-OH is 1. The summed E-state index contributed by atoms with van der Waals surface area (Å²) < 4.78 is 0. The summed E-state index contributed by atoms with van der Waals surface area (Å²) in [6.07, 6.45) is 2.41. The number of hydrogen-bond acceptors (Lipinski definition) is 4. The molecule has 118 valence electrons. The van der Waals surface area contributed by atoms with Crippen LogP contribution in [0.1, 0.15) is 30.0 Å². The van der Waals surface area contributed by atoms with E-state index in [0.717, 1.165) is 17.0 Å².